The molecule has 0 aromatic heterocycles. The molecule has 0 atom stereocenters. The summed E-state index contributed by atoms with van der Waals surface area (Å²) in [7, 11) is 1.00. The molecular weight excluding hydrogens is 52.8 g/mol. The van der Waals surface area contributed by atoms with E-state index in [1.54, 1.807) is 0 Å². The van der Waals surface area contributed by atoms with E-state index in [1.165, 1.54) is 0 Å². The second-order valence-corrected chi connectivity index (χ2v) is 0. The lowest BCUT2D eigenvalue weighted by atomic mass is 10.6. The topological polar surface area (TPSA) is 44.0 Å². The van der Waals surface area contributed by atoms with Crippen molar-refractivity contribution in [3.63, 3.8) is 0 Å². The zero-order valence-corrected chi connectivity index (χ0v) is 2.47. The molecule has 0 aromatic rings. The highest BCUT2D eigenvalue weighted by Gasteiger charge is 0.958. The summed E-state index contributed by atoms with van der Waals surface area (Å²) in [6.07, 6.45) is 0. The Morgan fingerprint density at radius 3 is 1.50 bits per heavy atom. The lowest BCUT2D eigenvalue weighted by Gasteiger charge is -1.16. The summed E-state index contributed by atoms with van der Waals surface area (Å²) in [5.41, 5.74) is 0. The van der Waals surface area contributed by atoms with Gasteiger partial charge in [0.25, 0.3) is 8.05 Å². The van der Waals surface area contributed by atoms with Crippen LogP contribution in [0.25, 0.3) is 0 Å². The molecule has 0 radical (unpaired) electrons. The predicted molar refractivity (Wildman–Crippen MR) is 17.4 cm³/mol. The van der Waals surface area contributed by atoms with Gasteiger partial charge in [-0.3, -0.25) is 0 Å². The van der Waals surface area contributed by atoms with E-state index in [-0.39, 0.29) is 0 Å². The minimum Gasteiger partial charge on any atom is -0.458 e. The van der Waals surface area contributed by atoms with Crippen molar-refractivity contribution in [1.82, 2.24) is 0 Å². The molecule has 0 bridgehead atoms. The summed E-state index contributed by atoms with van der Waals surface area (Å²) in [5.74, 6) is 0. The molecule has 0 aromatic carbocycles. The average Bonchev–Trinajstić information content (AvgIpc) is 1.50. The first-order valence-electron chi connectivity index (χ1n) is 0.705. The zero-order chi connectivity index (χ0) is 4.00. The van der Waals surface area contributed by atoms with Gasteiger partial charge in [0.2, 0.25) is 0 Å². The molecule has 0 saturated carbocycles. The fourth-order valence-corrected chi connectivity index (χ4v) is 0. The first-order chi connectivity index (χ1) is 2.00. The van der Waals surface area contributed by atoms with Crippen LogP contribution in [0.3, 0.4) is 0 Å². The molecule has 0 saturated heterocycles. The number of nitriles is 1. The normalized spacial score (nSPS) is 1.75. The Morgan fingerprint density at radius 2 is 1.50 bits per heavy atom. The van der Waals surface area contributed by atoms with E-state index >= 15 is 0 Å². The molecule has 0 fully saturated rings. The van der Waals surface area contributed by atoms with Gasteiger partial charge in [-0.25, -0.2) is 5.26 Å². The van der Waals surface area contributed by atoms with Gasteiger partial charge in [0.1, 0.15) is 0 Å². The Labute approximate surface area is 26.1 Å². The molecule has 0 unspecified atom stereocenters. The molecule has 0 spiro atoms. The maximum absolute atomic E-state index is 7.00. The molecule has 3 heteroatoms. The second-order valence-electron chi connectivity index (χ2n) is 0. The maximum Gasteiger partial charge on any atom is 0.252 e. The van der Waals surface area contributed by atoms with Crippen molar-refractivity contribution in [3.05, 3.63) is 0 Å². The first kappa shape index (κ1) is 9.69. The number of nitrogens with zero attached hydrogens (tertiary/aromatic N) is 1. The van der Waals surface area contributed by atoms with Gasteiger partial charge in [-0.15, -0.1) is 0 Å². The molecule has 1 N–H and O–H groups in total. The molecule has 0 heterocycles. The highest BCUT2D eigenvalue weighted by Crippen LogP contribution is 0.666. The fourth-order valence-electron chi connectivity index (χ4n) is 0. The number of rotatable bonds is 0. The van der Waals surface area contributed by atoms with Crippen molar-refractivity contribution in [2.45, 2.75) is 0 Å². The lowest BCUT2D eigenvalue weighted by molar-refractivity contribution is 0.629. The van der Waals surface area contributed by atoms with Gasteiger partial charge in [0, 0.05) is 6.57 Å². The van der Waals surface area contributed by atoms with Crippen LogP contribution in [0.4, 0.5) is 0 Å². The minimum absolute atomic E-state index is 1.00. The van der Waals surface area contributed by atoms with Crippen molar-refractivity contribution in [2.24, 2.45) is 0 Å². The summed E-state index contributed by atoms with van der Waals surface area (Å²) < 4.78 is 0. The van der Waals surface area contributed by atoms with Crippen molar-refractivity contribution in [3.8, 4) is 6.57 Å². The van der Waals surface area contributed by atoms with Crippen LogP contribution in [-0.4, -0.2) is 13.1 Å². The molecule has 2 nitrogen and oxygen atoms in total. The summed E-state index contributed by atoms with van der Waals surface area (Å²) in [5, 5.41) is 13.5. The molecule has 0 aliphatic carbocycles. The predicted octanol–water partition coefficient (Wildman–Crippen LogP) is -1.33. The summed E-state index contributed by atoms with van der Waals surface area (Å²) >= 11 is 0. The van der Waals surface area contributed by atoms with E-state index in [0.29, 0.717) is 0 Å². The van der Waals surface area contributed by atoms with Crippen LogP contribution in [0.5, 0.6) is 0 Å². The van der Waals surface area contributed by atoms with E-state index < -0.39 is 0 Å². The number of hydrogen-bond donors (Lipinski definition) is 1. The monoisotopic (exact) mass is 57.0 g/mol. The molecular formula is CH4BNO. The quantitative estimate of drug-likeness (QED) is 0.350. The van der Waals surface area contributed by atoms with Crippen LogP contribution in [0.15, 0.2) is 0 Å². The molecule has 22 valence electrons. The smallest absolute Gasteiger partial charge is 0.252 e. The van der Waals surface area contributed by atoms with E-state index in [4.69, 9.17) is 10.3 Å². The van der Waals surface area contributed by atoms with Gasteiger partial charge in [0.15, 0.2) is 0 Å². The van der Waals surface area contributed by atoms with E-state index in [0.717, 1.165) is 8.05 Å². The van der Waals surface area contributed by atoms with Crippen molar-refractivity contribution in [2.75, 3.05) is 0 Å². The lowest BCUT2D eigenvalue weighted by Crippen LogP contribution is -1.34. The molecule has 0 amide bonds. The van der Waals surface area contributed by atoms with Crippen LogP contribution >= 0.6 is 0 Å². The van der Waals surface area contributed by atoms with Crippen LogP contribution in [0, 0.1) is 11.8 Å². The van der Waals surface area contributed by atoms with E-state index in [9.17, 15) is 0 Å². The Morgan fingerprint density at radius 1 is 1.50 bits per heavy atom. The van der Waals surface area contributed by atoms with Gasteiger partial charge < -0.3 is 5.02 Å². The fraction of sp³-hybridized carbons (Fsp3) is 0. The summed E-state index contributed by atoms with van der Waals surface area (Å²) in [4.78, 5) is 0. The second kappa shape index (κ2) is 24.5. The molecule has 0 aliphatic heterocycles. The third kappa shape index (κ3) is 1.71. The van der Waals surface area contributed by atoms with Gasteiger partial charge in [-0.2, -0.15) is 0 Å². The van der Waals surface area contributed by atoms with Crippen LogP contribution in [0.2, 0.25) is 0 Å². The standard InChI is InChI=1S/CHN.BH3O/c2*1-2/h1H;2H,1H2. The Hall–Kier alpha value is -0.485. The summed E-state index contributed by atoms with van der Waals surface area (Å²) in [6.45, 7) is 3.50. The Balaban J connectivity index is 0. The first-order valence-corrected chi connectivity index (χ1v) is 0.705. The largest absolute Gasteiger partial charge is 0.458 e. The third-order valence-electron chi connectivity index (χ3n) is 0. The van der Waals surface area contributed by atoms with Crippen LogP contribution in [-0.2, 0) is 0 Å². The minimum atomic E-state index is 1.00. The van der Waals surface area contributed by atoms with Crippen molar-refractivity contribution < 1.29 is 5.02 Å². The average molecular weight is 56.9 g/mol. The summed E-state index contributed by atoms with van der Waals surface area (Å²) in [6, 6.07) is 0. The van der Waals surface area contributed by atoms with Crippen molar-refractivity contribution >= 4 is 8.05 Å². The van der Waals surface area contributed by atoms with E-state index in [1.807, 2.05) is 0 Å². The Bertz CT molecular complexity index is 12.8. The Kier molecular flexibility index (Phi) is 59.4. The maximum atomic E-state index is 7.00. The van der Waals surface area contributed by atoms with Gasteiger partial charge in [-0.05, 0) is 0 Å². The highest BCUT2D eigenvalue weighted by molar-refractivity contribution is 5.95. The molecule has 0 aliphatic rings. The van der Waals surface area contributed by atoms with Gasteiger partial charge in [-0.1, -0.05) is 0 Å². The van der Waals surface area contributed by atoms with Crippen LogP contribution in [0.1, 0.15) is 0 Å². The zero-order valence-electron chi connectivity index (χ0n) is 2.47. The SMILES string of the molecule is BO.C#N. The highest BCUT2D eigenvalue weighted by atomic mass is 16.2. The van der Waals surface area contributed by atoms with Crippen molar-refractivity contribution in [1.29, 1.82) is 5.26 Å². The number of hydrogen-bond acceptors (Lipinski definition) is 2. The van der Waals surface area contributed by atoms with Gasteiger partial charge >= 0.3 is 0 Å². The molecule has 4 heavy (non-hydrogen) atoms. The van der Waals surface area contributed by atoms with E-state index in [2.05, 4.69) is 6.57 Å². The molecule has 0 rings (SSSR count). The van der Waals surface area contributed by atoms with Gasteiger partial charge in [0.05, 0.1) is 0 Å². The third-order valence-corrected chi connectivity index (χ3v) is 0. The van der Waals surface area contributed by atoms with Crippen LogP contribution < -0.4 is 0 Å².